The van der Waals surface area contributed by atoms with Gasteiger partial charge in [-0.05, 0) is 25.3 Å². The molecular weight excluding hydrogens is 266 g/mol. The number of hydrogen-bond acceptors (Lipinski definition) is 3. The fourth-order valence-corrected chi connectivity index (χ4v) is 1.89. The minimum absolute atomic E-state index is 0. The maximum absolute atomic E-state index is 11.9. The molecule has 0 aromatic rings. The standard InChI is InChI=1S/C13H25N3O2.ClH/c1-11(2)4-5-12(17)15-10-13(18)16-8-3-6-14-7-9-16;/h11,14H,3-10H2,1-2H3,(H,15,17);1H. The minimum Gasteiger partial charge on any atom is -0.347 e. The molecule has 0 atom stereocenters. The lowest BCUT2D eigenvalue weighted by Gasteiger charge is -2.20. The fourth-order valence-electron chi connectivity index (χ4n) is 1.89. The second kappa shape index (κ2) is 10.0. The highest BCUT2D eigenvalue weighted by molar-refractivity contribution is 5.85. The van der Waals surface area contributed by atoms with E-state index in [0.29, 0.717) is 12.3 Å². The first-order valence-corrected chi connectivity index (χ1v) is 6.85. The number of rotatable bonds is 5. The molecule has 0 radical (unpaired) electrons. The van der Waals surface area contributed by atoms with Crippen LogP contribution in [-0.2, 0) is 9.59 Å². The number of nitrogens with zero attached hydrogens (tertiary/aromatic N) is 1. The van der Waals surface area contributed by atoms with E-state index in [1.807, 2.05) is 4.90 Å². The summed E-state index contributed by atoms with van der Waals surface area (Å²) in [5, 5.41) is 5.95. The Hall–Kier alpha value is -0.810. The summed E-state index contributed by atoms with van der Waals surface area (Å²) < 4.78 is 0. The summed E-state index contributed by atoms with van der Waals surface area (Å²) in [4.78, 5) is 25.2. The number of nitrogens with one attached hydrogen (secondary N) is 2. The van der Waals surface area contributed by atoms with Gasteiger partial charge in [-0.1, -0.05) is 13.8 Å². The zero-order valence-corrected chi connectivity index (χ0v) is 12.7. The van der Waals surface area contributed by atoms with E-state index >= 15 is 0 Å². The highest BCUT2D eigenvalue weighted by atomic mass is 35.5. The average Bonchev–Trinajstić information content (AvgIpc) is 2.62. The van der Waals surface area contributed by atoms with Crippen molar-refractivity contribution in [2.75, 3.05) is 32.7 Å². The predicted octanol–water partition coefficient (Wildman–Crippen LogP) is 0.782. The van der Waals surface area contributed by atoms with Crippen LogP contribution >= 0.6 is 12.4 Å². The molecule has 0 saturated carbocycles. The summed E-state index contributed by atoms with van der Waals surface area (Å²) in [6.07, 6.45) is 2.35. The second-order valence-corrected chi connectivity index (χ2v) is 5.19. The molecule has 112 valence electrons. The van der Waals surface area contributed by atoms with Crippen molar-refractivity contribution in [3.8, 4) is 0 Å². The van der Waals surface area contributed by atoms with Crippen molar-refractivity contribution in [2.45, 2.75) is 33.1 Å². The molecule has 2 amide bonds. The fraction of sp³-hybridized carbons (Fsp3) is 0.846. The number of carbonyl (C=O) groups is 2. The molecule has 0 bridgehead atoms. The van der Waals surface area contributed by atoms with Gasteiger partial charge < -0.3 is 15.5 Å². The van der Waals surface area contributed by atoms with Crippen LogP contribution in [0.2, 0.25) is 0 Å². The van der Waals surface area contributed by atoms with E-state index in [2.05, 4.69) is 24.5 Å². The molecule has 0 aliphatic carbocycles. The van der Waals surface area contributed by atoms with Gasteiger partial charge in [0.2, 0.25) is 11.8 Å². The molecule has 0 aromatic heterocycles. The maximum atomic E-state index is 11.9. The summed E-state index contributed by atoms with van der Waals surface area (Å²) in [5.74, 6) is 0.518. The molecular formula is C13H26ClN3O2. The Morgan fingerprint density at radius 3 is 2.68 bits per heavy atom. The molecule has 2 N–H and O–H groups in total. The van der Waals surface area contributed by atoms with E-state index in [9.17, 15) is 9.59 Å². The van der Waals surface area contributed by atoms with Crippen LogP contribution in [0.4, 0.5) is 0 Å². The molecule has 1 rings (SSSR count). The third-order valence-corrected chi connectivity index (χ3v) is 3.08. The monoisotopic (exact) mass is 291 g/mol. The van der Waals surface area contributed by atoms with Crippen LogP contribution in [0.25, 0.3) is 0 Å². The van der Waals surface area contributed by atoms with Crippen molar-refractivity contribution in [1.29, 1.82) is 0 Å². The Morgan fingerprint density at radius 1 is 1.26 bits per heavy atom. The highest BCUT2D eigenvalue weighted by Crippen LogP contribution is 2.02. The molecule has 0 unspecified atom stereocenters. The van der Waals surface area contributed by atoms with Gasteiger partial charge in [0.25, 0.3) is 0 Å². The summed E-state index contributed by atoms with van der Waals surface area (Å²) in [5.41, 5.74) is 0. The van der Waals surface area contributed by atoms with Crippen LogP contribution in [0, 0.1) is 5.92 Å². The van der Waals surface area contributed by atoms with Crippen molar-refractivity contribution in [1.82, 2.24) is 15.5 Å². The summed E-state index contributed by atoms with van der Waals surface area (Å²) in [6, 6.07) is 0. The maximum Gasteiger partial charge on any atom is 0.242 e. The minimum atomic E-state index is -0.0232. The van der Waals surface area contributed by atoms with Gasteiger partial charge in [0.15, 0.2) is 0 Å². The number of halogens is 1. The first-order valence-electron chi connectivity index (χ1n) is 6.85. The van der Waals surface area contributed by atoms with Crippen LogP contribution in [0.1, 0.15) is 33.1 Å². The zero-order valence-electron chi connectivity index (χ0n) is 11.9. The van der Waals surface area contributed by atoms with Gasteiger partial charge in [-0.3, -0.25) is 9.59 Å². The Balaban J connectivity index is 0.00000324. The van der Waals surface area contributed by atoms with Crippen LogP contribution in [0.3, 0.4) is 0 Å². The lowest BCUT2D eigenvalue weighted by Crippen LogP contribution is -2.41. The topological polar surface area (TPSA) is 61.4 Å². The second-order valence-electron chi connectivity index (χ2n) is 5.19. The van der Waals surface area contributed by atoms with Gasteiger partial charge in [-0.15, -0.1) is 12.4 Å². The van der Waals surface area contributed by atoms with Gasteiger partial charge >= 0.3 is 0 Å². The van der Waals surface area contributed by atoms with E-state index in [1.54, 1.807) is 0 Å². The molecule has 6 heteroatoms. The van der Waals surface area contributed by atoms with Gasteiger partial charge in [0, 0.05) is 26.1 Å². The lowest BCUT2D eigenvalue weighted by atomic mass is 10.1. The quantitative estimate of drug-likeness (QED) is 0.787. The molecule has 19 heavy (non-hydrogen) atoms. The first-order chi connectivity index (χ1) is 8.59. The third-order valence-electron chi connectivity index (χ3n) is 3.08. The molecule has 1 aliphatic heterocycles. The molecule has 5 nitrogen and oxygen atoms in total. The van der Waals surface area contributed by atoms with Crippen molar-refractivity contribution in [3.05, 3.63) is 0 Å². The van der Waals surface area contributed by atoms with Crippen LogP contribution in [-0.4, -0.2) is 49.4 Å². The largest absolute Gasteiger partial charge is 0.347 e. The normalized spacial score (nSPS) is 15.6. The van der Waals surface area contributed by atoms with E-state index in [1.165, 1.54) is 0 Å². The van der Waals surface area contributed by atoms with E-state index < -0.39 is 0 Å². The molecule has 1 saturated heterocycles. The average molecular weight is 292 g/mol. The van der Waals surface area contributed by atoms with Gasteiger partial charge in [0.05, 0.1) is 6.54 Å². The van der Waals surface area contributed by atoms with Crippen LogP contribution in [0.5, 0.6) is 0 Å². The molecule has 1 fully saturated rings. The highest BCUT2D eigenvalue weighted by Gasteiger charge is 2.15. The summed E-state index contributed by atoms with van der Waals surface area (Å²) >= 11 is 0. The number of hydrogen-bond donors (Lipinski definition) is 2. The lowest BCUT2D eigenvalue weighted by molar-refractivity contribution is -0.132. The predicted molar refractivity (Wildman–Crippen MR) is 78.4 cm³/mol. The van der Waals surface area contributed by atoms with Gasteiger partial charge in [-0.2, -0.15) is 0 Å². The van der Waals surface area contributed by atoms with Crippen molar-refractivity contribution < 1.29 is 9.59 Å². The molecule has 1 heterocycles. The van der Waals surface area contributed by atoms with Crippen molar-refractivity contribution in [2.24, 2.45) is 5.92 Å². The van der Waals surface area contributed by atoms with Gasteiger partial charge in [-0.25, -0.2) is 0 Å². The Kier molecular flexibility index (Phi) is 9.61. The Bertz CT molecular complexity index is 277. The number of amides is 2. The molecule has 0 aromatic carbocycles. The van der Waals surface area contributed by atoms with E-state index in [-0.39, 0.29) is 30.8 Å². The smallest absolute Gasteiger partial charge is 0.242 e. The number of carbonyl (C=O) groups excluding carboxylic acids is 2. The first kappa shape index (κ1) is 18.2. The Labute approximate surface area is 121 Å². The van der Waals surface area contributed by atoms with E-state index in [0.717, 1.165) is 39.0 Å². The van der Waals surface area contributed by atoms with Crippen LogP contribution < -0.4 is 10.6 Å². The van der Waals surface area contributed by atoms with E-state index in [4.69, 9.17) is 0 Å². The van der Waals surface area contributed by atoms with Crippen LogP contribution in [0.15, 0.2) is 0 Å². The van der Waals surface area contributed by atoms with Crippen molar-refractivity contribution >= 4 is 24.2 Å². The molecule has 1 aliphatic rings. The SMILES string of the molecule is CC(C)CCC(=O)NCC(=O)N1CCCNCC1.Cl. The van der Waals surface area contributed by atoms with Crippen molar-refractivity contribution in [3.63, 3.8) is 0 Å². The Morgan fingerprint density at radius 2 is 2.00 bits per heavy atom. The zero-order chi connectivity index (χ0) is 13.4. The summed E-state index contributed by atoms with van der Waals surface area (Å²) in [6.45, 7) is 7.63. The molecule has 0 spiro atoms. The summed E-state index contributed by atoms with van der Waals surface area (Å²) in [7, 11) is 0. The van der Waals surface area contributed by atoms with Gasteiger partial charge in [0.1, 0.15) is 0 Å². The third kappa shape index (κ3) is 8.06.